The van der Waals surface area contributed by atoms with Crippen molar-refractivity contribution in [2.24, 2.45) is 7.05 Å². The van der Waals surface area contributed by atoms with E-state index in [1.165, 1.54) is 23.1 Å². The number of anilines is 2. The van der Waals surface area contributed by atoms with Gasteiger partial charge in [-0.1, -0.05) is 17.8 Å². The Bertz CT molecular complexity index is 1040. The molecule has 2 aromatic heterocycles. The molecule has 30 heavy (non-hydrogen) atoms. The molecule has 0 saturated heterocycles. The first-order valence-electron chi connectivity index (χ1n) is 9.04. The Kier molecular flexibility index (Phi) is 7.06. The van der Waals surface area contributed by atoms with Gasteiger partial charge in [0.25, 0.3) is 0 Å². The van der Waals surface area contributed by atoms with Crippen molar-refractivity contribution in [1.29, 1.82) is 0 Å². The highest BCUT2D eigenvalue weighted by molar-refractivity contribution is 7.99. The summed E-state index contributed by atoms with van der Waals surface area (Å²) in [5, 5.41) is 14.9. The fourth-order valence-electron chi connectivity index (χ4n) is 2.49. The molecule has 158 valence electrons. The van der Waals surface area contributed by atoms with Crippen molar-refractivity contribution < 1.29 is 14.3 Å². The van der Waals surface area contributed by atoms with Crippen molar-refractivity contribution in [1.82, 2.24) is 19.7 Å². The SMILES string of the molecule is COc1cccc(NC(=O)Cc2nnc(SCC(=O)Nc3nc(C)c(C)s3)n2C)c1. The second-order valence-electron chi connectivity index (χ2n) is 6.41. The van der Waals surface area contributed by atoms with Crippen LogP contribution in [0.5, 0.6) is 5.75 Å². The number of nitrogens with zero attached hydrogens (tertiary/aromatic N) is 4. The number of thioether (sulfide) groups is 1. The number of nitrogens with one attached hydrogen (secondary N) is 2. The fraction of sp³-hybridized carbons (Fsp3) is 0.316. The molecule has 0 aliphatic heterocycles. The maximum absolute atomic E-state index is 12.3. The molecule has 3 rings (SSSR count). The van der Waals surface area contributed by atoms with Crippen LogP contribution in [0.1, 0.15) is 16.4 Å². The number of hydrogen-bond donors (Lipinski definition) is 2. The lowest BCUT2D eigenvalue weighted by atomic mass is 10.3. The smallest absolute Gasteiger partial charge is 0.236 e. The number of thiazole rings is 1. The fourth-order valence-corrected chi connectivity index (χ4v) is 4.05. The molecule has 0 radical (unpaired) electrons. The molecular weight excluding hydrogens is 424 g/mol. The van der Waals surface area contributed by atoms with Crippen LogP contribution in [0, 0.1) is 13.8 Å². The van der Waals surface area contributed by atoms with Gasteiger partial charge in [0.15, 0.2) is 10.3 Å². The van der Waals surface area contributed by atoms with Crippen molar-refractivity contribution in [3.8, 4) is 5.75 Å². The van der Waals surface area contributed by atoms with E-state index in [1.54, 1.807) is 43.0 Å². The summed E-state index contributed by atoms with van der Waals surface area (Å²) in [5.41, 5.74) is 1.55. The number of benzene rings is 1. The molecule has 9 nitrogen and oxygen atoms in total. The molecule has 0 fully saturated rings. The number of hydrogen-bond acceptors (Lipinski definition) is 8. The summed E-state index contributed by atoms with van der Waals surface area (Å²) in [7, 11) is 3.33. The van der Waals surface area contributed by atoms with Crippen molar-refractivity contribution in [2.75, 3.05) is 23.5 Å². The second kappa shape index (κ2) is 9.72. The first kappa shape index (κ1) is 21.8. The molecule has 0 bridgehead atoms. The van der Waals surface area contributed by atoms with Gasteiger partial charge >= 0.3 is 0 Å². The topological polar surface area (TPSA) is 111 Å². The summed E-state index contributed by atoms with van der Waals surface area (Å²) in [5.74, 6) is 0.937. The van der Waals surface area contributed by atoms with Crippen LogP contribution < -0.4 is 15.4 Å². The summed E-state index contributed by atoms with van der Waals surface area (Å²) in [6.07, 6.45) is 0.0607. The maximum Gasteiger partial charge on any atom is 0.236 e. The lowest BCUT2D eigenvalue weighted by Gasteiger charge is -2.07. The zero-order valence-corrected chi connectivity index (χ0v) is 18.7. The molecule has 2 heterocycles. The van der Waals surface area contributed by atoms with Crippen LogP contribution in [0.4, 0.5) is 10.8 Å². The molecule has 3 aromatic rings. The van der Waals surface area contributed by atoms with Crippen LogP contribution in [0.15, 0.2) is 29.4 Å². The van der Waals surface area contributed by atoms with Crippen LogP contribution in [0.25, 0.3) is 0 Å². The summed E-state index contributed by atoms with van der Waals surface area (Å²) < 4.78 is 6.86. The number of methoxy groups -OCH3 is 1. The molecule has 2 amide bonds. The van der Waals surface area contributed by atoms with E-state index in [2.05, 4.69) is 25.8 Å². The van der Waals surface area contributed by atoms with E-state index in [-0.39, 0.29) is 24.0 Å². The third-order valence-corrected chi connectivity index (χ3v) is 6.21. The van der Waals surface area contributed by atoms with Gasteiger partial charge in [-0.25, -0.2) is 4.98 Å². The number of aromatic nitrogens is 4. The predicted octanol–water partition coefficient (Wildman–Crippen LogP) is 2.81. The van der Waals surface area contributed by atoms with E-state index in [4.69, 9.17) is 4.74 Å². The third-order valence-electron chi connectivity index (χ3n) is 4.20. The minimum absolute atomic E-state index is 0.0607. The predicted molar refractivity (Wildman–Crippen MR) is 117 cm³/mol. The van der Waals surface area contributed by atoms with Crippen molar-refractivity contribution in [3.05, 3.63) is 40.7 Å². The van der Waals surface area contributed by atoms with Crippen molar-refractivity contribution >= 4 is 45.7 Å². The van der Waals surface area contributed by atoms with Crippen LogP contribution in [-0.2, 0) is 23.1 Å². The number of carbonyl (C=O) groups excluding carboxylic acids is 2. The van der Waals surface area contributed by atoms with Gasteiger partial charge in [-0.15, -0.1) is 21.5 Å². The number of carbonyl (C=O) groups is 2. The van der Waals surface area contributed by atoms with Gasteiger partial charge in [-0.05, 0) is 26.0 Å². The summed E-state index contributed by atoms with van der Waals surface area (Å²) in [4.78, 5) is 29.9. The minimum atomic E-state index is -0.220. The van der Waals surface area contributed by atoms with Crippen LogP contribution in [-0.4, -0.2) is 44.4 Å². The van der Waals surface area contributed by atoms with Crippen molar-refractivity contribution in [3.63, 3.8) is 0 Å². The van der Waals surface area contributed by atoms with E-state index in [0.717, 1.165) is 10.6 Å². The van der Waals surface area contributed by atoms with Gasteiger partial charge in [0.2, 0.25) is 11.8 Å². The molecule has 0 atom stereocenters. The molecule has 0 aliphatic rings. The van der Waals surface area contributed by atoms with E-state index < -0.39 is 0 Å². The first-order chi connectivity index (χ1) is 14.4. The zero-order valence-electron chi connectivity index (χ0n) is 17.1. The maximum atomic E-state index is 12.3. The highest BCUT2D eigenvalue weighted by atomic mass is 32.2. The summed E-state index contributed by atoms with van der Waals surface area (Å²) >= 11 is 2.69. The highest BCUT2D eigenvalue weighted by Gasteiger charge is 2.15. The summed E-state index contributed by atoms with van der Waals surface area (Å²) in [6, 6.07) is 7.11. The zero-order chi connectivity index (χ0) is 21.7. The average Bonchev–Trinajstić information content (AvgIpc) is 3.21. The average molecular weight is 447 g/mol. The molecule has 2 N–H and O–H groups in total. The van der Waals surface area contributed by atoms with Gasteiger partial charge in [-0.2, -0.15) is 0 Å². The first-order valence-corrected chi connectivity index (χ1v) is 10.8. The van der Waals surface area contributed by atoms with E-state index in [1.807, 2.05) is 13.8 Å². The largest absolute Gasteiger partial charge is 0.497 e. The van der Waals surface area contributed by atoms with Gasteiger partial charge < -0.3 is 19.9 Å². The summed E-state index contributed by atoms with van der Waals surface area (Å²) in [6.45, 7) is 3.87. The van der Waals surface area contributed by atoms with Crippen LogP contribution in [0.2, 0.25) is 0 Å². The Hall–Kier alpha value is -2.92. The number of ether oxygens (including phenoxy) is 1. The van der Waals surface area contributed by atoms with E-state index in [0.29, 0.717) is 27.5 Å². The number of aryl methyl sites for hydroxylation is 2. The van der Waals surface area contributed by atoms with E-state index >= 15 is 0 Å². The Labute approximate surface area is 182 Å². The lowest BCUT2D eigenvalue weighted by Crippen LogP contribution is -2.17. The Morgan fingerprint density at radius 1 is 1.20 bits per heavy atom. The quantitative estimate of drug-likeness (QED) is 0.512. The molecule has 1 aromatic carbocycles. The lowest BCUT2D eigenvalue weighted by molar-refractivity contribution is -0.116. The minimum Gasteiger partial charge on any atom is -0.497 e. The Morgan fingerprint density at radius 2 is 2.00 bits per heavy atom. The van der Waals surface area contributed by atoms with Gasteiger partial charge in [0.1, 0.15) is 11.6 Å². The molecule has 0 aliphatic carbocycles. The van der Waals surface area contributed by atoms with Crippen LogP contribution in [0.3, 0.4) is 0 Å². The van der Waals surface area contributed by atoms with Gasteiger partial charge in [0.05, 0.1) is 25.0 Å². The molecule has 0 spiro atoms. The Balaban J connectivity index is 1.53. The molecule has 0 unspecified atom stereocenters. The standard InChI is InChI=1S/C19H22N6O3S2/c1-11-12(2)30-18(20-11)22-17(27)10-29-19-24-23-15(25(19)3)9-16(26)21-13-6-5-7-14(8-13)28-4/h5-8H,9-10H2,1-4H3,(H,21,26)(H,20,22,27). The highest BCUT2D eigenvalue weighted by Crippen LogP contribution is 2.22. The Morgan fingerprint density at radius 3 is 2.70 bits per heavy atom. The second-order valence-corrected chi connectivity index (χ2v) is 8.56. The normalized spacial score (nSPS) is 10.7. The number of rotatable bonds is 8. The van der Waals surface area contributed by atoms with Gasteiger partial charge in [0, 0.05) is 23.7 Å². The monoisotopic (exact) mass is 446 g/mol. The molecular formula is C19H22N6O3S2. The molecule has 0 saturated carbocycles. The van der Waals surface area contributed by atoms with Crippen LogP contribution >= 0.6 is 23.1 Å². The van der Waals surface area contributed by atoms with Gasteiger partial charge in [-0.3, -0.25) is 9.59 Å². The number of amides is 2. The van der Waals surface area contributed by atoms with E-state index in [9.17, 15) is 9.59 Å². The third kappa shape index (κ3) is 5.57. The molecule has 11 heteroatoms. The van der Waals surface area contributed by atoms with Crippen molar-refractivity contribution in [2.45, 2.75) is 25.4 Å².